The summed E-state index contributed by atoms with van der Waals surface area (Å²) in [6, 6.07) is 7.84. The van der Waals surface area contributed by atoms with E-state index in [0.717, 1.165) is 48.1 Å². The lowest BCUT2D eigenvalue weighted by molar-refractivity contribution is -0.137. The van der Waals surface area contributed by atoms with Crippen molar-refractivity contribution < 1.29 is 14.3 Å². The van der Waals surface area contributed by atoms with Gasteiger partial charge in [0.2, 0.25) is 0 Å². The van der Waals surface area contributed by atoms with Gasteiger partial charge in [-0.15, -0.1) is 12.4 Å². The maximum absolute atomic E-state index is 10.5. The van der Waals surface area contributed by atoms with Gasteiger partial charge in [0, 0.05) is 24.8 Å². The first-order chi connectivity index (χ1) is 11.7. The van der Waals surface area contributed by atoms with Crippen molar-refractivity contribution in [3.05, 3.63) is 30.1 Å². The van der Waals surface area contributed by atoms with Gasteiger partial charge in [-0.2, -0.15) is 0 Å². The largest absolute Gasteiger partial charge is 0.481 e. The number of carboxylic acid groups (broad SMARTS) is 1. The molecule has 2 aromatic heterocycles. The van der Waals surface area contributed by atoms with Crippen molar-refractivity contribution in [3.8, 4) is 0 Å². The van der Waals surface area contributed by atoms with Crippen LogP contribution in [0.15, 0.2) is 28.7 Å². The Hall–Kier alpha value is -2.34. The van der Waals surface area contributed by atoms with Crippen LogP contribution in [-0.2, 0) is 11.2 Å². The monoisotopic (exact) mass is 363 g/mol. The minimum absolute atomic E-state index is 0. The van der Waals surface area contributed by atoms with Crippen LogP contribution >= 0.6 is 12.4 Å². The van der Waals surface area contributed by atoms with E-state index in [2.05, 4.69) is 15.3 Å². The van der Waals surface area contributed by atoms with Gasteiger partial charge in [0.15, 0.2) is 11.4 Å². The first kappa shape index (κ1) is 19.0. The van der Waals surface area contributed by atoms with Crippen LogP contribution in [0.2, 0.25) is 0 Å². The highest BCUT2D eigenvalue weighted by Gasteiger charge is 2.14. The fourth-order valence-electron chi connectivity index (χ4n) is 2.70. The number of aromatic nitrogens is 2. The Morgan fingerprint density at radius 3 is 2.76 bits per heavy atom. The van der Waals surface area contributed by atoms with Gasteiger partial charge in [-0.05, 0) is 25.0 Å². The first-order valence-electron chi connectivity index (χ1n) is 8.33. The second kappa shape index (κ2) is 8.67. The molecule has 7 heteroatoms. The molecule has 0 aliphatic rings. The predicted octanol–water partition coefficient (Wildman–Crippen LogP) is 4.42. The van der Waals surface area contributed by atoms with Gasteiger partial charge < -0.3 is 14.8 Å². The van der Waals surface area contributed by atoms with Crippen LogP contribution in [0.3, 0.4) is 0 Å². The Balaban J connectivity index is 0.00000225. The third-order valence-corrected chi connectivity index (χ3v) is 3.94. The fourth-order valence-corrected chi connectivity index (χ4v) is 2.70. The molecule has 0 aliphatic carbocycles. The number of furan rings is 1. The van der Waals surface area contributed by atoms with Crippen LogP contribution in [0.25, 0.3) is 22.1 Å². The van der Waals surface area contributed by atoms with Crippen LogP contribution in [0.4, 0.5) is 5.82 Å². The molecule has 2 N–H and O–H groups in total. The van der Waals surface area contributed by atoms with E-state index in [0.29, 0.717) is 17.8 Å². The summed E-state index contributed by atoms with van der Waals surface area (Å²) in [5, 5.41) is 13.0. The standard InChI is InChI=1S/C18H21N3O3.ClH/c1-2-14-20-16-12-8-5-6-9-13(12)24-17(16)18(21-14)19-11-7-3-4-10-15(22)23;/h5-6,8-9H,2-4,7,10-11H2,1H3,(H,22,23)(H,19,20,21);1H. The number of nitrogens with one attached hydrogen (secondary N) is 1. The highest BCUT2D eigenvalue weighted by Crippen LogP contribution is 2.31. The number of carbonyl (C=O) groups is 1. The zero-order chi connectivity index (χ0) is 16.9. The average molecular weight is 364 g/mol. The molecule has 0 atom stereocenters. The Labute approximate surface area is 152 Å². The summed E-state index contributed by atoms with van der Waals surface area (Å²) in [5.74, 6) is 0.754. The number of anilines is 1. The van der Waals surface area contributed by atoms with E-state index in [9.17, 15) is 4.79 Å². The molecule has 0 saturated carbocycles. The number of rotatable bonds is 8. The number of para-hydroxylation sites is 1. The van der Waals surface area contributed by atoms with Gasteiger partial charge in [0.05, 0.1) is 0 Å². The van der Waals surface area contributed by atoms with E-state index < -0.39 is 5.97 Å². The molecular formula is C18H22ClN3O3. The number of hydrogen-bond donors (Lipinski definition) is 2. The molecule has 134 valence electrons. The maximum atomic E-state index is 10.5. The van der Waals surface area contributed by atoms with Crippen LogP contribution in [-0.4, -0.2) is 27.6 Å². The van der Waals surface area contributed by atoms with Gasteiger partial charge in [-0.1, -0.05) is 25.5 Å². The smallest absolute Gasteiger partial charge is 0.303 e. The molecule has 0 amide bonds. The summed E-state index contributed by atoms with van der Waals surface area (Å²) in [6.07, 6.45) is 3.43. The molecule has 0 unspecified atom stereocenters. The van der Waals surface area contributed by atoms with Gasteiger partial charge in [-0.25, -0.2) is 9.97 Å². The summed E-state index contributed by atoms with van der Waals surface area (Å²) in [7, 11) is 0. The van der Waals surface area contributed by atoms with Gasteiger partial charge >= 0.3 is 5.97 Å². The first-order valence-corrected chi connectivity index (χ1v) is 8.33. The third kappa shape index (κ3) is 4.39. The molecule has 3 aromatic rings. The topological polar surface area (TPSA) is 88.2 Å². The third-order valence-electron chi connectivity index (χ3n) is 3.94. The Kier molecular flexibility index (Phi) is 6.58. The number of unbranched alkanes of at least 4 members (excludes halogenated alkanes) is 2. The van der Waals surface area contributed by atoms with Crippen LogP contribution in [0.1, 0.15) is 38.4 Å². The number of aryl methyl sites for hydroxylation is 1. The van der Waals surface area contributed by atoms with Crippen molar-refractivity contribution >= 4 is 46.3 Å². The number of nitrogens with zero attached hydrogens (tertiary/aromatic N) is 2. The number of halogens is 1. The SMILES string of the molecule is CCc1nc(NCCCCCC(=O)O)c2oc3ccccc3c2n1.Cl. The fraction of sp³-hybridized carbons (Fsp3) is 0.389. The number of hydrogen-bond acceptors (Lipinski definition) is 5. The molecule has 0 fully saturated rings. The normalized spacial score (nSPS) is 10.8. The molecule has 25 heavy (non-hydrogen) atoms. The van der Waals surface area contributed by atoms with Crippen LogP contribution < -0.4 is 5.32 Å². The Bertz CT molecular complexity index is 863. The van der Waals surface area contributed by atoms with Crippen molar-refractivity contribution in [3.63, 3.8) is 0 Å². The maximum Gasteiger partial charge on any atom is 0.303 e. The van der Waals surface area contributed by atoms with E-state index in [1.807, 2.05) is 31.2 Å². The molecule has 0 aliphatic heterocycles. The van der Waals surface area contributed by atoms with Gasteiger partial charge in [0.1, 0.15) is 16.9 Å². The average Bonchev–Trinajstić information content (AvgIpc) is 2.96. The van der Waals surface area contributed by atoms with E-state index >= 15 is 0 Å². The summed E-state index contributed by atoms with van der Waals surface area (Å²) >= 11 is 0. The lowest BCUT2D eigenvalue weighted by atomic mass is 10.2. The highest BCUT2D eigenvalue weighted by atomic mass is 35.5. The second-order valence-electron chi connectivity index (χ2n) is 5.75. The summed E-state index contributed by atoms with van der Waals surface area (Å²) in [6.45, 7) is 2.76. The molecule has 6 nitrogen and oxygen atoms in total. The molecular weight excluding hydrogens is 342 g/mol. The van der Waals surface area contributed by atoms with E-state index in [1.54, 1.807) is 0 Å². The molecule has 1 aromatic carbocycles. The number of benzene rings is 1. The highest BCUT2D eigenvalue weighted by molar-refractivity contribution is 6.05. The molecule has 0 spiro atoms. The van der Waals surface area contributed by atoms with E-state index in [1.165, 1.54) is 0 Å². The van der Waals surface area contributed by atoms with Crippen molar-refractivity contribution in [1.82, 2.24) is 9.97 Å². The lowest BCUT2D eigenvalue weighted by Gasteiger charge is -2.07. The molecule has 0 saturated heterocycles. The molecule has 0 bridgehead atoms. The number of carboxylic acids is 1. The zero-order valence-corrected chi connectivity index (χ0v) is 14.9. The predicted molar refractivity (Wildman–Crippen MR) is 101 cm³/mol. The van der Waals surface area contributed by atoms with Crippen LogP contribution in [0, 0.1) is 0 Å². The van der Waals surface area contributed by atoms with E-state index in [4.69, 9.17) is 9.52 Å². The Morgan fingerprint density at radius 1 is 1.20 bits per heavy atom. The number of aliphatic carboxylic acids is 1. The molecule has 0 radical (unpaired) electrons. The quantitative estimate of drug-likeness (QED) is 0.576. The van der Waals surface area contributed by atoms with Crippen molar-refractivity contribution in [2.75, 3.05) is 11.9 Å². The summed E-state index contributed by atoms with van der Waals surface area (Å²) in [5.41, 5.74) is 2.32. The van der Waals surface area contributed by atoms with Crippen LogP contribution in [0.5, 0.6) is 0 Å². The Morgan fingerprint density at radius 2 is 2.00 bits per heavy atom. The molecule has 2 heterocycles. The summed E-state index contributed by atoms with van der Waals surface area (Å²) < 4.78 is 5.93. The minimum Gasteiger partial charge on any atom is -0.481 e. The number of fused-ring (bicyclic) bond motifs is 3. The van der Waals surface area contributed by atoms with Crippen molar-refractivity contribution in [2.45, 2.75) is 39.0 Å². The minimum atomic E-state index is -0.740. The van der Waals surface area contributed by atoms with E-state index in [-0.39, 0.29) is 18.8 Å². The van der Waals surface area contributed by atoms with Gasteiger partial charge in [0.25, 0.3) is 0 Å². The van der Waals surface area contributed by atoms with Crippen molar-refractivity contribution in [1.29, 1.82) is 0 Å². The second-order valence-corrected chi connectivity index (χ2v) is 5.75. The van der Waals surface area contributed by atoms with Crippen molar-refractivity contribution in [2.24, 2.45) is 0 Å². The lowest BCUT2D eigenvalue weighted by Crippen LogP contribution is -2.06. The zero-order valence-electron chi connectivity index (χ0n) is 14.1. The van der Waals surface area contributed by atoms with Gasteiger partial charge in [-0.3, -0.25) is 4.79 Å². The summed E-state index contributed by atoms with van der Waals surface area (Å²) in [4.78, 5) is 19.7. The molecule has 3 rings (SSSR count).